The average Bonchev–Trinajstić information content (AvgIpc) is 2.45. The Morgan fingerprint density at radius 3 is 2.50 bits per heavy atom. The molecule has 1 aromatic carbocycles. The standard InChI is InChI=1S/C15H16ClIN2O/c1-3-4-12-13(17)14(16)19-15(18-12)11-7-5-10(6-8-11)9-20-2/h5-8H,3-4,9H2,1-2H3. The molecule has 5 heteroatoms. The van der Waals surface area contributed by atoms with Gasteiger partial charge in [-0.15, -0.1) is 0 Å². The Balaban J connectivity index is 2.36. The number of benzene rings is 1. The molecule has 0 aliphatic carbocycles. The second-order valence-electron chi connectivity index (χ2n) is 4.48. The van der Waals surface area contributed by atoms with Crippen LogP contribution in [0.2, 0.25) is 5.15 Å². The number of aromatic nitrogens is 2. The number of halogens is 2. The number of hydrogen-bond acceptors (Lipinski definition) is 3. The maximum atomic E-state index is 6.21. The van der Waals surface area contributed by atoms with E-state index in [4.69, 9.17) is 16.3 Å². The summed E-state index contributed by atoms with van der Waals surface area (Å²) >= 11 is 8.41. The van der Waals surface area contributed by atoms with Crippen molar-refractivity contribution in [1.29, 1.82) is 0 Å². The van der Waals surface area contributed by atoms with E-state index in [2.05, 4.69) is 39.5 Å². The van der Waals surface area contributed by atoms with E-state index in [1.165, 1.54) is 0 Å². The van der Waals surface area contributed by atoms with Gasteiger partial charge in [-0.25, -0.2) is 9.97 Å². The summed E-state index contributed by atoms with van der Waals surface area (Å²) in [5.41, 5.74) is 3.12. The second kappa shape index (κ2) is 7.33. The third-order valence-corrected chi connectivity index (χ3v) is 4.62. The summed E-state index contributed by atoms with van der Waals surface area (Å²) in [6, 6.07) is 8.05. The van der Waals surface area contributed by atoms with Gasteiger partial charge in [0.1, 0.15) is 5.15 Å². The van der Waals surface area contributed by atoms with Gasteiger partial charge in [-0.3, -0.25) is 0 Å². The molecule has 0 N–H and O–H groups in total. The van der Waals surface area contributed by atoms with Crippen LogP contribution in [0, 0.1) is 3.57 Å². The van der Waals surface area contributed by atoms with Gasteiger partial charge in [-0.05, 0) is 34.6 Å². The van der Waals surface area contributed by atoms with E-state index in [9.17, 15) is 0 Å². The molecule has 2 rings (SSSR count). The maximum absolute atomic E-state index is 6.21. The lowest BCUT2D eigenvalue weighted by Crippen LogP contribution is -2.00. The number of nitrogens with zero attached hydrogens (tertiary/aromatic N) is 2. The van der Waals surface area contributed by atoms with Gasteiger partial charge in [0.2, 0.25) is 0 Å². The fourth-order valence-corrected chi connectivity index (χ4v) is 2.61. The van der Waals surface area contributed by atoms with Crippen LogP contribution in [0.25, 0.3) is 11.4 Å². The fraction of sp³-hybridized carbons (Fsp3) is 0.333. The van der Waals surface area contributed by atoms with Crippen LogP contribution in [0.1, 0.15) is 24.6 Å². The summed E-state index contributed by atoms with van der Waals surface area (Å²) < 4.78 is 6.06. The van der Waals surface area contributed by atoms with E-state index in [1.807, 2.05) is 24.3 Å². The monoisotopic (exact) mass is 402 g/mol. The highest BCUT2D eigenvalue weighted by molar-refractivity contribution is 14.1. The summed E-state index contributed by atoms with van der Waals surface area (Å²) in [6.45, 7) is 2.74. The highest BCUT2D eigenvalue weighted by Crippen LogP contribution is 2.25. The Morgan fingerprint density at radius 2 is 1.90 bits per heavy atom. The Bertz CT molecular complexity index is 587. The molecule has 0 saturated heterocycles. The molecule has 0 spiro atoms. The van der Waals surface area contributed by atoms with Crippen molar-refractivity contribution < 1.29 is 4.74 Å². The van der Waals surface area contributed by atoms with Gasteiger partial charge in [-0.1, -0.05) is 49.2 Å². The first-order valence-corrected chi connectivity index (χ1v) is 7.91. The topological polar surface area (TPSA) is 35.0 Å². The third-order valence-electron chi connectivity index (χ3n) is 2.89. The summed E-state index contributed by atoms with van der Waals surface area (Å²) in [5, 5.41) is 0.528. The minimum Gasteiger partial charge on any atom is -0.380 e. The van der Waals surface area contributed by atoms with Crippen molar-refractivity contribution in [2.24, 2.45) is 0 Å². The van der Waals surface area contributed by atoms with Crippen molar-refractivity contribution in [2.45, 2.75) is 26.4 Å². The van der Waals surface area contributed by atoms with Crippen molar-refractivity contribution in [3.05, 3.63) is 44.2 Å². The molecule has 2 aromatic rings. The zero-order chi connectivity index (χ0) is 14.5. The molecular formula is C15H16ClIN2O. The van der Waals surface area contributed by atoms with Gasteiger partial charge >= 0.3 is 0 Å². The third kappa shape index (κ3) is 3.68. The first-order chi connectivity index (χ1) is 9.65. The minimum absolute atomic E-state index is 0.528. The quantitative estimate of drug-likeness (QED) is 0.545. The van der Waals surface area contributed by atoms with Crippen molar-refractivity contribution in [1.82, 2.24) is 9.97 Å². The normalized spacial score (nSPS) is 10.8. The van der Waals surface area contributed by atoms with Gasteiger partial charge in [0.25, 0.3) is 0 Å². The molecule has 0 saturated carbocycles. The molecule has 0 aliphatic rings. The highest BCUT2D eigenvalue weighted by Gasteiger charge is 2.11. The molecule has 1 heterocycles. The Morgan fingerprint density at radius 1 is 1.20 bits per heavy atom. The largest absolute Gasteiger partial charge is 0.380 e. The van der Waals surface area contributed by atoms with Crippen LogP contribution in [0.4, 0.5) is 0 Å². The van der Waals surface area contributed by atoms with Crippen molar-refractivity contribution >= 4 is 34.2 Å². The summed E-state index contributed by atoms with van der Waals surface area (Å²) in [7, 11) is 1.69. The van der Waals surface area contributed by atoms with Crippen LogP contribution in [-0.4, -0.2) is 17.1 Å². The average molecular weight is 403 g/mol. The predicted octanol–water partition coefficient (Wildman–Crippen LogP) is 4.50. The van der Waals surface area contributed by atoms with Crippen LogP contribution < -0.4 is 0 Å². The number of ether oxygens (including phenoxy) is 1. The maximum Gasteiger partial charge on any atom is 0.161 e. The van der Waals surface area contributed by atoms with E-state index in [0.717, 1.165) is 33.2 Å². The summed E-state index contributed by atoms with van der Waals surface area (Å²) in [5.74, 6) is 0.683. The molecule has 0 amide bonds. The number of methoxy groups -OCH3 is 1. The smallest absolute Gasteiger partial charge is 0.161 e. The summed E-state index contributed by atoms with van der Waals surface area (Å²) in [6.07, 6.45) is 1.95. The van der Waals surface area contributed by atoms with Crippen LogP contribution in [0.3, 0.4) is 0 Å². The first kappa shape index (κ1) is 15.7. The van der Waals surface area contributed by atoms with Gasteiger partial charge in [0.15, 0.2) is 5.82 Å². The molecule has 20 heavy (non-hydrogen) atoms. The molecule has 0 unspecified atom stereocenters. The molecule has 0 bridgehead atoms. The molecular weight excluding hydrogens is 387 g/mol. The number of rotatable bonds is 5. The Hall–Kier alpha value is -0.720. The number of hydrogen-bond donors (Lipinski definition) is 0. The van der Waals surface area contributed by atoms with E-state index >= 15 is 0 Å². The first-order valence-electron chi connectivity index (χ1n) is 6.45. The number of aryl methyl sites for hydroxylation is 1. The molecule has 0 atom stereocenters. The van der Waals surface area contributed by atoms with Gasteiger partial charge in [0.05, 0.1) is 15.9 Å². The molecule has 0 aliphatic heterocycles. The summed E-state index contributed by atoms with van der Waals surface area (Å²) in [4.78, 5) is 9.01. The Kier molecular flexibility index (Phi) is 5.74. The fourth-order valence-electron chi connectivity index (χ4n) is 1.91. The van der Waals surface area contributed by atoms with Crippen molar-refractivity contribution in [3.8, 4) is 11.4 Å². The molecule has 0 radical (unpaired) electrons. The molecule has 106 valence electrons. The Labute approximate surface area is 137 Å². The molecule has 1 aromatic heterocycles. The second-order valence-corrected chi connectivity index (χ2v) is 5.92. The van der Waals surface area contributed by atoms with Gasteiger partial charge in [0, 0.05) is 12.7 Å². The van der Waals surface area contributed by atoms with Gasteiger partial charge in [-0.2, -0.15) is 0 Å². The van der Waals surface area contributed by atoms with E-state index < -0.39 is 0 Å². The van der Waals surface area contributed by atoms with Crippen molar-refractivity contribution in [2.75, 3.05) is 7.11 Å². The van der Waals surface area contributed by atoms with Gasteiger partial charge < -0.3 is 4.74 Å². The predicted molar refractivity (Wildman–Crippen MR) is 89.9 cm³/mol. The van der Waals surface area contributed by atoms with Crippen LogP contribution in [-0.2, 0) is 17.8 Å². The highest BCUT2D eigenvalue weighted by atomic mass is 127. The lowest BCUT2D eigenvalue weighted by molar-refractivity contribution is 0.185. The minimum atomic E-state index is 0.528. The van der Waals surface area contributed by atoms with Crippen molar-refractivity contribution in [3.63, 3.8) is 0 Å². The molecule has 3 nitrogen and oxygen atoms in total. The van der Waals surface area contributed by atoms with Crippen LogP contribution in [0.5, 0.6) is 0 Å². The van der Waals surface area contributed by atoms with Crippen LogP contribution in [0.15, 0.2) is 24.3 Å². The van der Waals surface area contributed by atoms with E-state index in [0.29, 0.717) is 17.6 Å². The van der Waals surface area contributed by atoms with E-state index in [-0.39, 0.29) is 0 Å². The lowest BCUT2D eigenvalue weighted by Gasteiger charge is -2.08. The SMILES string of the molecule is CCCc1nc(-c2ccc(COC)cc2)nc(Cl)c1I. The lowest BCUT2D eigenvalue weighted by atomic mass is 10.1. The zero-order valence-corrected chi connectivity index (χ0v) is 14.4. The van der Waals surface area contributed by atoms with E-state index in [1.54, 1.807) is 7.11 Å². The zero-order valence-electron chi connectivity index (χ0n) is 11.5. The van der Waals surface area contributed by atoms with Crippen LogP contribution >= 0.6 is 34.2 Å². The molecule has 0 fully saturated rings.